The zero-order valence-corrected chi connectivity index (χ0v) is 7.22. The second kappa shape index (κ2) is 7.07. The molecule has 0 rings (SSSR count). The molecule has 0 saturated heterocycles. The van der Waals surface area contributed by atoms with Gasteiger partial charge in [0.1, 0.15) is 0 Å². The monoisotopic (exact) mass is 148 g/mol. The summed E-state index contributed by atoms with van der Waals surface area (Å²) in [5.41, 5.74) is 1.40. The lowest BCUT2D eigenvalue weighted by molar-refractivity contribution is 1.10. The highest BCUT2D eigenvalue weighted by atomic mass is 13.9. The molecule has 0 spiro atoms. The molecule has 0 aliphatic carbocycles. The molecule has 0 radical (unpaired) electrons. The minimum Gasteiger partial charge on any atom is -0.103 e. The fourth-order valence-corrected chi connectivity index (χ4v) is 0.820. The third-order valence-corrected chi connectivity index (χ3v) is 1.47. The van der Waals surface area contributed by atoms with Gasteiger partial charge in [-0.2, -0.15) is 0 Å². The van der Waals surface area contributed by atoms with E-state index in [1.807, 2.05) is 12.2 Å². The van der Waals surface area contributed by atoms with Crippen LogP contribution in [-0.2, 0) is 0 Å². The predicted molar refractivity (Wildman–Crippen MR) is 52.5 cm³/mol. The van der Waals surface area contributed by atoms with Crippen molar-refractivity contribution in [3.8, 4) is 0 Å². The summed E-state index contributed by atoms with van der Waals surface area (Å²) >= 11 is 0. The average Bonchev–Trinajstić information content (AvgIpc) is 2.03. The molecule has 0 atom stereocenters. The molecule has 0 heterocycles. The lowest BCUT2D eigenvalue weighted by atomic mass is 10.1. The van der Waals surface area contributed by atoms with Crippen LogP contribution in [0.1, 0.15) is 19.8 Å². The largest absolute Gasteiger partial charge is 0.103 e. The second-order valence-corrected chi connectivity index (χ2v) is 2.31. The third-order valence-electron chi connectivity index (χ3n) is 1.47. The van der Waals surface area contributed by atoms with Gasteiger partial charge in [-0.05, 0) is 19.8 Å². The van der Waals surface area contributed by atoms with Gasteiger partial charge in [-0.1, -0.05) is 42.5 Å². The summed E-state index contributed by atoms with van der Waals surface area (Å²) in [5.74, 6) is 0. The fraction of sp³-hybridized carbons (Fsp3) is 0.273. The highest BCUT2D eigenvalue weighted by Crippen LogP contribution is 2.07. The van der Waals surface area contributed by atoms with Crippen LogP contribution >= 0.6 is 0 Å². The highest BCUT2D eigenvalue weighted by molar-refractivity contribution is 5.11. The maximum absolute atomic E-state index is 3.69. The Bertz CT molecular complexity index is 170. The van der Waals surface area contributed by atoms with E-state index in [4.69, 9.17) is 0 Å². The summed E-state index contributed by atoms with van der Waals surface area (Å²) in [5, 5.41) is 0. The van der Waals surface area contributed by atoms with Gasteiger partial charge in [-0.15, -0.1) is 6.58 Å². The summed E-state index contributed by atoms with van der Waals surface area (Å²) in [6, 6.07) is 0. The van der Waals surface area contributed by atoms with Crippen molar-refractivity contribution >= 4 is 0 Å². The summed E-state index contributed by atoms with van der Waals surface area (Å²) in [4.78, 5) is 0. The Labute approximate surface area is 69.6 Å². The molecule has 0 amide bonds. The van der Waals surface area contributed by atoms with Crippen LogP contribution in [0.2, 0.25) is 0 Å². The highest BCUT2D eigenvalue weighted by Gasteiger charge is 1.87. The molecule has 0 aromatic carbocycles. The summed E-state index contributed by atoms with van der Waals surface area (Å²) in [6.45, 7) is 9.35. The minimum atomic E-state index is 0.984. The van der Waals surface area contributed by atoms with Crippen LogP contribution in [0.4, 0.5) is 0 Å². The van der Waals surface area contributed by atoms with Crippen molar-refractivity contribution in [2.45, 2.75) is 19.8 Å². The Morgan fingerprint density at radius 1 is 1.27 bits per heavy atom. The summed E-state index contributed by atoms with van der Waals surface area (Å²) in [7, 11) is 0. The van der Waals surface area contributed by atoms with E-state index in [1.165, 1.54) is 5.57 Å². The third kappa shape index (κ3) is 5.41. The van der Waals surface area contributed by atoms with Crippen LogP contribution in [0.3, 0.4) is 0 Å². The molecule has 11 heavy (non-hydrogen) atoms. The van der Waals surface area contributed by atoms with Crippen molar-refractivity contribution in [1.29, 1.82) is 0 Å². The van der Waals surface area contributed by atoms with E-state index < -0.39 is 0 Å². The minimum absolute atomic E-state index is 0.984. The lowest BCUT2D eigenvalue weighted by Crippen LogP contribution is -1.76. The fourth-order valence-electron chi connectivity index (χ4n) is 0.820. The van der Waals surface area contributed by atoms with Gasteiger partial charge in [0.25, 0.3) is 0 Å². The maximum Gasteiger partial charge on any atom is -0.0133 e. The topological polar surface area (TPSA) is 0 Å². The quantitative estimate of drug-likeness (QED) is 0.412. The van der Waals surface area contributed by atoms with E-state index in [0.29, 0.717) is 0 Å². The van der Waals surface area contributed by atoms with Crippen LogP contribution in [0.25, 0.3) is 0 Å². The molecule has 0 aliphatic rings. The molecular formula is C11H16. The van der Waals surface area contributed by atoms with Gasteiger partial charge in [0, 0.05) is 0 Å². The van der Waals surface area contributed by atoms with Crippen molar-refractivity contribution in [3.63, 3.8) is 0 Å². The molecule has 0 heteroatoms. The number of allylic oxidation sites excluding steroid dienone is 6. The van der Waals surface area contributed by atoms with E-state index in [0.717, 1.165) is 12.8 Å². The molecule has 0 nitrogen and oxygen atoms in total. The Kier molecular flexibility index (Phi) is 6.40. The van der Waals surface area contributed by atoms with Gasteiger partial charge in [-0.25, -0.2) is 0 Å². The Morgan fingerprint density at radius 3 is 2.45 bits per heavy atom. The molecule has 0 aromatic rings. The Morgan fingerprint density at radius 2 is 2.00 bits per heavy atom. The first kappa shape index (κ1) is 9.96. The first-order valence-corrected chi connectivity index (χ1v) is 3.87. The van der Waals surface area contributed by atoms with Gasteiger partial charge < -0.3 is 0 Å². The Balaban J connectivity index is 3.79. The van der Waals surface area contributed by atoms with E-state index in [-0.39, 0.29) is 0 Å². The molecule has 0 saturated carbocycles. The van der Waals surface area contributed by atoms with Gasteiger partial charge in [0.15, 0.2) is 0 Å². The molecular weight excluding hydrogens is 132 g/mol. The van der Waals surface area contributed by atoms with Gasteiger partial charge in [-0.3, -0.25) is 0 Å². The molecule has 0 aromatic heterocycles. The summed E-state index contributed by atoms with van der Waals surface area (Å²) in [6.07, 6.45) is 11.9. The van der Waals surface area contributed by atoms with Gasteiger partial charge in [0.05, 0.1) is 0 Å². The first-order chi connectivity index (χ1) is 5.35. The summed E-state index contributed by atoms with van der Waals surface area (Å²) < 4.78 is 0. The van der Waals surface area contributed by atoms with Crippen LogP contribution < -0.4 is 0 Å². The van der Waals surface area contributed by atoms with E-state index in [9.17, 15) is 0 Å². The molecule has 0 bridgehead atoms. The number of hydrogen-bond donors (Lipinski definition) is 0. The van der Waals surface area contributed by atoms with Crippen molar-refractivity contribution in [3.05, 3.63) is 49.1 Å². The van der Waals surface area contributed by atoms with Crippen molar-refractivity contribution in [2.75, 3.05) is 0 Å². The van der Waals surface area contributed by atoms with E-state index in [1.54, 1.807) is 6.08 Å². The maximum atomic E-state index is 3.69. The molecule has 0 aliphatic heterocycles. The zero-order chi connectivity index (χ0) is 8.53. The van der Waals surface area contributed by atoms with Crippen LogP contribution in [0, 0.1) is 0 Å². The Hall–Kier alpha value is -1.04. The number of hydrogen-bond acceptors (Lipinski definition) is 0. The van der Waals surface area contributed by atoms with Gasteiger partial charge in [0.2, 0.25) is 0 Å². The predicted octanol–water partition coefficient (Wildman–Crippen LogP) is 3.64. The van der Waals surface area contributed by atoms with E-state index in [2.05, 4.69) is 32.2 Å². The van der Waals surface area contributed by atoms with E-state index >= 15 is 0 Å². The molecule has 0 unspecified atom stereocenters. The zero-order valence-electron chi connectivity index (χ0n) is 7.22. The van der Waals surface area contributed by atoms with Crippen molar-refractivity contribution in [2.24, 2.45) is 0 Å². The van der Waals surface area contributed by atoms with Crippen LogP contribution in [0.5, 0.6) is 0 Å². The van der Waals surface area contributed by atoms with Crippen molar-refractivity contribution in [1.82, 2.24) is 0 Å². The average molecular weight is 148 g/mol. The molecule has 0 N–H and O–H groups in total. The smallest absolute Gasteiger partial charge is 0.0133 e. The van der Waals surface area contributed by atoms with Crippen LogP contribution in [0.15, 0.2) is 49.1 Å². The molecule has 60 valence electrons. The SMILES string of the molecule is C=CC=CCC(=CC)CC=C. The lowest BCUT2D eigenvalue weighted by Gasteiger charge is -1.96. The van der Waals surface area contributed by atoms with Crippen LogP contribution in [-0.4, -0.2) is 0 Å². The normalized spacial score (nSPS) is 11.9. The van der Waals surface area contributed by atoms with Crippen molar-refractivity contribution < 1.29 is 0 Å². The van der Waals surface area contributed by atoms with Gasteiger partial charge >= 0.3 is 0 Å². The second-order valence-electron chi connectivity index (χ2n) is 2.31. The first-order valence-electron chi connectivity index (χ1n) is 3.87. The molecule has 0 fully saturated rings. The standard InChI is InChI=1S/C11H16/c1-4-7-8-10-11(6-3)9-5-2/h4-8H,1-2,9-10H2,3H3. The number of rotatable bonds is 5.